The maximum Gasteiger partial charge on any atom is 0.0475 e. The summed E-state index contributed by atoms with van der Waals surface area (Å²) in [6.07, 6.45) is 1.82. The second-order valence-corrected chi connectivity index (χ2v) is 3.17. The molecule has 0 unspecified atom stereocenters. The number of rotatable bonds is 2. The van der Waals surface area contributed by atoms with Gasteiger partial charge in [0.2, 0.25) is 0 Å². The Morgan fingerprint density at radius 2 is 1.50 bits per heavy atom. The molecule has 0 aromatic heterocycles. The predicted octanol–water partition coefficient (Wildman–Crippen LogP) is 2.50. The SMILES string of the molecule is C=C(C=NC)N1CCN(C)CC1.CC.CC. The largest absolute Gasteiger partial charge is 0.368 e. The topological polar surface area (TPSA) is 18.8 Å². The number of nitrogens with zero attached hydrogens (tertiary/aromatic N) is 3. The van der Waals surface area contributed by atoms with Crippen molar-refractivity contribution in [1.82, 2.24) is 9.80 Å². The van der Waals surface area contributed by atoms with E-state index in [1.165, 1.54) is 0 Å². The highest BCUT2D eigenvalue weighted by Gasteiger charge is 2.13. The molecule has 1 rings (SSSR count). The molecule has 0 aromatic rings. The van der Waals surface area contributed by atoms with Crippen LogP contribution in [0.15, 0.2) is 17.3 Å². The predicted molar refractivity (Wildman–Crippen MR) is 75.3 cm³/mol. The molecule has 3 heteroatoms. The van der Waals surface area contributed by atoms with Gasteiger partial charge in [0.15, 0.2) is 0 Å². The minimum Gasteiger partial charge on any atom is -0.368 e. The number of hydrogen-bond acceptors (Lipinski definition) is 3. The molecule has 0 spiro atoms. The second-order valence-electron chi connectivity index (χ2n) is 3.17. The van der Waals surface area contributed by atoms with Gasteiger partial charge in [-0.25, -0.2) is 0 Å². The molecule has 0 aromatic carbocycles. The van der Waals surface area contributed by atoms with Gasteiger partial charge >= 0.3 is 0 Å². The van der Waals surface area contributed by atoms with E-state index >= 15 is 0 Å². The summed E-state index contributed by atoms with van der Waals surface area (Å²) in [5.74, 6) is 0. The van der Waals surface area contributed by atoms with E-state index in [4.69, 9.17) is 0 Å². The van der Waals surface area contributed by atoms with Gasteiger partial charge in [-0.3, -0.25) is 4.99 Å². The quantitative estimate of drug-likeness (QED) is 0.675. The first-order valence-corrected chi connectivity index (χ1v) is 6.28. The Labute approximate surface area is 102 Å². The Hall–Kier alpha value is -0.830. The maximum absolute atomic E-state index is 3.95. The Balaban J connectivity index is 0. The number of piperazine rings is 1. The molecule has 1 saturated heterocycles. The van der Waals surface area contributed by atoms with E-state index in [0.29, 0.717) is 0 Å². The smallest absolute Gasteiger partial charge is 0.0475 e. The summed E-state index contributed by atoms with van der Waals surface area (Å²) >= 11 is 0. The lowest BCUT2D eigenvalue weighted by Crippen LogP contribution is -2.43. The van der Waals surface area contributed by atoms with Gasteiger partial charge in [0.1, 0.15) is 0 Å². The van der Waals surface area contributed by atoms with Gasteiger partial charge in [-0.15, -0.1) is 0 Å². The van der Waals surface area contributed by atoms with Crippen LogP contribution in [0.3, 0.4) is 0 Å². The Morgan fingerprint density at radius 3 is 1.88 bits per heavy atom. The molecule has 0 radical (unpaired) electrons. The molecule has 1 aliphatic heterocycles. The molecule has 3 nitrogen and oxygen atoms in total. The van der Waals surface area contributed by atoms with Crippen LogP contribution in [0, 0.1) is 0 Å². The third kappa shape index (κ3) is 7.46. The third-order valence-electron chi connectivity index (χ3n) is 2.19. The third-order valence-corrected chi connectivity index (χ3v) is 2.19. The Kier molecular flexibility index (Phi) is 13.4. The standard InChI is InChI=1S/C9H17N3.2C2H6/c1-9(8-10-2)12-6-4-11(3)5-7-12;2*1-2/h8H,1,4-7H2,2-3H3;2*1-2H3. The normalized spacial score (nSPS) is 16.0. The van der Waals surface area contributed by atoms with Crippen molar-refractivity contribution in [1.29, 1.82) is 0 Å². The number of allylic oxidation sites excluding steroid dienone is 1. The fourth-order valence-electron chi connectivity index (χ4n) is 1.32. The van der Waals surface area contributed by atoms with Crippen molar-refractivity contribution in [2.24, 2.45) is 4.99 Å². The first kappa shape index (κ1) is 17.6. The van der Waals surface area contributed by atoms with Gasteiger partial charge < -0.3 is 9.80 Å². The van der Waals surface area contributed by atoms with E-state index in [1.54, 1.807) is 7.05 Å². The molecule has 0 saturated carbocycles. The van der Waals surface area contributed by atoms with Crippen molar-refractivity contribution in [2.45, 2.75) is 27.7 Å². The second kappa shape index (κ2) is 12.2. The van der Waals surface area contributed by atoms with Crippen LogP contribution >= 0.6 is 0 Å². The zero-order valence-electron chi connectivity index (χ0n) is 12.0. The van der Waals surface area contributed by atoms with E-state index in [1.807, 2.05) is 33.9 Å². The van der Waals surface area contributed by atoms with Gasteiger partial charge in [-0.2, -0.15) is 0 Å². The highest BCUT2D eigenvalue weighted by molar-refractivity contribution is 5.76. The lowest BCUT2D eigenvalue weighted by molar-refractivity contribution is 0.193. The van der Waals surface area contributed by atoms with Crippen LogP contribution < -0.4 is 0 Å². The maximum atomic E-state index is 3.95. The minimum absolute atomic E-state index is 1.03. The summed E-state index contributed by atoms with van der Waals surface area (Å²) in [6.45, 7) is 16.3. The van der Waals surface area contributed by atoms with Gasteiger partial charge in [-0.05, 0) is 7.05 Å². The van der Waals surface area contributed by atoms with Crippen LogP contribution in [-0.2, 0) is 0 Å². The van der Waals surface area contributed by atoms with E-state index in [0.717, 1.165) is 31.9 Å². The van der Waals surface area contributed by atoms with Gasteiger partial charge in [0.05, 0.1) is 0 Å². The summed E-state index contributed by atoms with van der Waals surface area (Å²) in [5.41, 5.74) is 1.03. The van der Waals surface area contributed by atoms with Gasteiger partial charge in [0, 0.05) is 45.1 Å². The molecule has 0 amide bonds. The van der Waals surface area contributed by atoms with Crippen molar-refractivity contribution in [3.63, 3.8) is 0 Å². The van der Waals surface area contributed by atoms with Crippen LogP contribution in [0.1, 0.15) is 27.7 Å². The van der Waals surface area contributed by atoms with E-state index in [-0.39, 0.29) is 0 Å². The molecule has 1 heterocycles. The lowest BCUT2D eigenvalue weighted by atomic mass is 10.3. The Bertz CT molecular complexity index is 180. The summed E-state index contributed by atoms with van der Waals surface area (Å²) in [5, 5.41) is 0. The lowest BCUT2D eigenvalue weighted by Gasteiger charge is -2.33. The zero-order valence-corrected chi connectivity index (χ0v) is 12.0. The van der Waals surface area contributed by atoms with Crippen LogP contribution in [0.2, 0.25) is 0 Å². The summed E-state index contributed by atoms with van der Waals surface area (Å²) < 4.78 is 0. The summed E-state index contributed by atoms with van der Waals surface area (Å²) in [6, 6.07) is 0. The van der Waals surface area contributed by atoms with Crippen molar-refractivity contribution in [2.75, 3.05) is 40.3 Å². The fourth-order valence-corrected chi connectivity index (χ4v) is 1.32. The van der Waals surface area contributed by atoms with E-state index in [9.17, 15) is 0 Å². The van der Waals surface area contributed by atoms with E-state index < -0.39 is 0 Å². The first-order valence-electron chi connectivity index (χ1n) is 6.28. The van der Waals surface area contributed by atoms with Gasteiger partial charge in [-0.1, -0.05) is 34.3 Å². The molecule has 1 aliphatic rings. The van der Waals surface area contributed by atoms with Crippen molar-refractivity contribution in [3.8, 4) is 0 Å². The molecular weight excluding hydrogens is 198 g/mol. The molecule has 1 fully saturated rings. The van der Waals surface area contributed by atoms with Crippen LogP contribution in [-0.4, -0.2) is 56.3 Å². The van der Waals surface area contributed by atoms with Crippen molar-refractivity contribution >= 4 is 6.21 Å². The molecule has 0 N–H and O–H groups in total. The molecular formula is C13H29N3. The first-order chi connectivity index (χ1) is 7.74. The molecule has 16 heavy (non-hydrogen) atoms. The average molecular weight is 227 g/mol. The monoisotopic (exact) mass is 227 g/mol. The van der Waals surface area contributed by atoms with Crippen LogP contribution in [0.25, 0.3) is 0 Å². The number of aliphatic imine (C=N–C) groups is 1. The highest BCUT2D eigenvalue weighted by Crippen LogP contribution is 2.04. The van der Waals surface area contributed by atoms with Crippen LogP contribution in [0.4, 0.5) is 0 Å². The summed E-state index contributed by atoms with van der Waals surface area (Å²) in [4.78, 5) is 8.55. The molecule has 0 bridgehead atoms. The number of hydrogen-bond donors (Lipinski definition) is 0. The minimum atomic E-state index is 1.03. The van der Waals surface area contributed by atoms with E-state index in [2.05, 4.69) is 28.4 Å². The molecule has 96 valence electrons. The number of likely N-dealkylation sites (N-methyl/N-ethyl adjacent to an activating group) is 1. The molecule has 0 atom stereocenters. The van der Waals surface area contributed by atoms with Crippen molar-refractivity contribution in [3.05, 3.63) is 12.3 Å². The van der Waals surface area contributed by atoms with Gasteiger partial charge in [0.25, 0.3) is 0 Å². The van der Waals surface area contributed by atoms with Crippen LogP contribution in [0.5, 0.6) is 0 Å². The highest BCUT2D eigenvalue weighted by atomic mass is 15.2. The Morgan fingerprint density at radius 1 is 1.06 bits per heavy atom. The van der Waals surface area contributed by atoms with Crippen molar-refractivity contribution < 1.29 is 0 Å². The molecule has 0 aliphatic carbocycles. The average Bonchev–Trinajstić information content (AvgIpc) is 2.35. The summed E-state index contributed by atoms with van der Waals surface area (Å²) in [7, 11) is 3.93. The fraction of sp³-hybridized carbons (Fsp3) is 0.769. The zero-order chi connectivity index (χ0) is 13.0.